The van der Waals surface area contributed by atoms with Crippen molar-refractivity contribution in [3.8, 4) is 22.7 Å². The maximum absolute atomic E-state index is 13.2. The van der Waals surface area contributed by atoms with Crippen LogP contribution in [0, 0.1) is 5.82 Å². The molecule has 0 spiro atoms. The molecule has 1 aliphatic rings. The van der Waals surface area contributed by atoms with Gasteiger partial charge in [0.05, 0.1) is 11.2 Å². The summed E-state index contributed by atoms with van der Waals surface area (Å²) >= 11 is 0. The largest absolute Gasteiger partial charge is 0.420 e. The molecule has 5 rings (SSSR count). The van der Waals surface area contributed by atoms with Gasteiger partial charge in [0.2, 0.25) is 11.8 Å². The second-order valence-corrected chi connectivity index (χ2v) is 6.77. The Kier molecular flexibility index (Phi) is 3.55. The fraction of sp³-hybridized carbons (Fsp3) is 0.250. The predicted octanol–water partition coefficient (Wildman–Crippen LogP) is 5.08. The fourth-order valence-electron chi connectivity index (χ4n) is 3.66. The number of nitrogens with zero attached hydrogens (tertiary/aromatic N) is 3. The molecule has 4 aromatic rings. The fourth-order valence-corrected chi connectivity index (χ4v) is 3.66. The highest BCUT2D eigenvalue weighted by atomic mass is 19.1. The topological polar surface area (TPSA) is 67.6 Å². The van der Waals surface area contributed by atoms with Crippen molar-refractivity contribution in [1.29, 1.82) is 0 Å². The number of halogens is 1. The molecular formula is C20H17FN4O. The van der Waals surface area contributed by atoms with Crippen molar-refractivity contribution < 1.29 is 8.81 Å². The molecule has 0 saturated heterocycles. The molecule has 1 saturated carbocycles. The van der Waals surface area contributed by atoms with Crippen molar-refractivity contribution in [2.75, 3.05) is 0 Å². The number of hydrogen-bond acceptors (Lipinski definition) is 4. The number of H-pyrrole nitrogens is 1. The predicted molar refractivity (Wildman–Crippen MR) is 96.0 cm³/mol. The number of rotatable bonds is 3. The summed E-state index contributed by atoms with van der Waals surface area (Å²) in [6.45, 7) is 0. The van der Waals surface area contributed by atoms with Crippen LogP contribution < -0.4 is 0 Å². The molecule has 1 N–H and O–H groups in total. The molecule has 6 heteroatoms. The van der Waals surface area contributed by atoms with E-state index in [1.54, 1.807) is 12.1 Å². The van der Waals surface area contributed by atoms with Crippen LogP contribution in [-0.2, 0) is 0 Å². The Morgan fingerprint density at radius 3 is 2.54 bits per heavy atom. The van der Waals surface area contributed by atoms with E-state index in [2.05, 4.69) is 20.4 Å². The van der Waals surface area contributed by atoms with Crippen LogP contribution in [0.2, 0.25) is 0 Å². The van der Waals surface area contributed by atoms with Gasteiger partial charge in [0.25, 0.3) is 0 Å². The van der Waals surface area contributed by atoms with Gasteiger partial charge in [0.1, 0.15) is 5.82 Å². The van der Waals surface area contributed by atoms with Crippen LogP contribution in [-0.4, -0.2) is 20.4 Å². The first-order chi connectivity index (χ1) is 12.8. The van der Waals surface area contributed by atoms with Crippen molar-refractivity contribution in [2.24, 2.45) is 0 Å². The second-order valence-electron chi connectivity index (χ2n) is 6.77. The lowest BCUT2D eigenvalue weighted by molar-refractivity contribution is 0.457. The number of aromatic nitrogens is 4. The number of nitrogens with one attached hydrogen (secondary N) is 1. The Hall–Kier alpha value is -3.02. The average molecular weight is 348 g/mol. The smallest absolute Gasteiger partial charge is 0.247 e. The Morgan fingerprint density at radius 2 is 1.73 bits per heavy atom. The molecule has 0 bridgehead atoms. The summed E-state index contributed by atoms with van der Waals surface area (Å²) in [6, 6.07) is 12.2. The molecule has 1 aliphatic carbocycles. The molecule has 0 aliphatic heterocycles. The van der Waals surface area contributed by atoms with Crippen molar-refractivity contribution in [3.63, 3.8) is 0 Å². The van der Waals surface area contributed by atoms with E-state index < -0.39 is 0 Å². The summed E-state index contributed by atoms with van der Waals surface area (Å²) in [5.74, 6) is 1.40. The van der Waals surface area contributed by atoms with Crippen LogP contribution in [0.5, 0.6) is 0 Å². The standard InChI is InChI=1S/C20H17FN4O/c21-15-8-5-12(6-9-15)18-16-11-14(7-10-17(16)22-23-18)20-25-24-19(26-20)13-3-1-2-4-13/h5-11,13H,1-4H2,(H,22,23). The van der Waals surface area contributed by atoms with E-state index in [9.17, 15) is 4.39 Å². The zero-order valence-electron chi connectivity index (χ0n) is 14.1. The molecule has 0 amide bonds. The highest BCUT2D eigenvalue weighted by molar-refractivity contribution is 5.95. The summed E-state index contributed by atoms with van der Waals surface area (Å²) in [7, 11) is 0. The minimum Gasteiger partial charge on any atom is -0.420 e. The van der Waals surface area contributed by atoms with Crippen molar-refractivity contribution in [1.82, 2.24) is 20.4 Å². The first kappa shape index (κ1) is 15.3. The lowest BCUT2D eigenvalue weighted by Crippen LogP contribution is -1.91. The van der Waals surface area contributed by atoms with E-state index in [-0.39, 0.29) is 5.82 Å². The molecule has 5 nitrogen and oxygen atoms in total. The molecule has 2 aromatic carbocycles. The van der Waals surface area contributed by atoms with Gasteiger partial charge in [-0.3, -0.25) is 5.10 Å². The zero-order valence-corrected chi connectivity index (χ0v) is 14.1. The van der Waals surface area contributed by atoms with E-state index in [0.717, 1.165) is 46.5 Å². The normalized spacial score (nSPS) is 15.1. The third-order valence-electron chi connectivity index (χ3n) is 5.07. The lowest BCUT2D eigenvalue weighted by Gasteiger charge is -2.01. The molecule has 0 radical (unpaired) electrons. The zero-order chi connectivity index (χ0) is 17.5. The van der Waals surface area contributed by atoms with Gasteiger partial charge in [0, 0.05) is 22.4 Å². The summed E-state index contributed by atoms with van der Waals surface area (Å²) in [4.78, 5) is 0. The minimum absolute atomic E-state index is 0.264. The monoisotopic (exact) mass is 348 g/mol. The number of aromatic amines is 1. The van der Waals surface area contributed by atoms with Gasteiger partial charge in [-0.05, 0) is 55.3 Å². The number of hydrogen-bond donors (Lipinski definition) is 1. The van der Waals surface area contributed by atoms with E-state index in [1.807, 2.05) is 18.2 Å². The Bertz CT molecular complexity index is 1060. The van der Waals surface area contributed by atoms with Gasteiger partial charge in [-0.15, -0.1) is 10.2 Å². The summed E-state index contributed by atoms with van der Waals surface area (Å²) < 4.78 is 19.1. The van der Waals surface area contributed by atoms with Crippen LogP contribution in [0.3, 0.4) is 0 Å². The summed E-state index contributed by atoms with van der Waals surface area (Å²) in [5, 5.41) is 16.8. The highest BCUT2D eigenvalue weighted by Crippen LogP contribution is 2.35. The van der Waals surface area contributed by atoms with Crippen LogP contribution in [0.25, 0.3) is 33.6 Å². The lowest BCUT2D eigenvalue weighted by atomic mass is 10.1. The van der Waals surface area contributed by atoms with Gasteiger partial charge < -0.3 is 4.42 Å². The molecule has 0 atom stereocenters. The average Bonchev–Trinajstić information content (AvgIpc) is 3.41. The molecule has 26 heavy (non-hydrogen) atoms. The third kappa shape index (κ3) is 2.58. The SMILES string of the molecule is Fc1ccc(-c2n[nH]c3ccc(-c4nnc(C5CCCC5)o4)cc23)cc1. The first-order valence-electron chi connectivity index (χ1n) is 8.86. The molecule has 1 fully saturated rings. The Balaban J connectivity index is 1.55. The van der Waals surface area contributed by atoms with Gasteiger partial charge >= 0.3 is 0 Å². The van der Waals surface area contributed by atoms with E-state index in [1.165, 1.54) is 25.0 Å². The summed E-state index contributed by atoms with van der Waals surface area (Å²) in [5.41, 5.74) is 3.40. The quantitative estimate of drug-likeness (QED) is 0.561. The Morgan fingerprint density at radius 1 is 0.962 bits per heavy atom. The second kappa shape index (κ2) is 6.05. The van der Waals surface area contributed by atoms with Gasteiger partial charge in [-0.25, -0.2) is 4.39 Å². The van der Waals surface area contributed by atoms with E-state index in [0.29, 0.717) is 11.8 Å². The van der Waals surface area contributed by atoms with E-state index >= 15 is 0 Å². The van der Waals surface area contributed by atoms with Crippen LogP contribution in [0.15, 0.2) is 46.9 Å². The highest BCUT2D eigenvalue weighted by Gasteiger charge is 2.23. The van der Waals surface area contributed by atoms with Crippen LogP contribution in [0.1, 0.15) is 37.5 Å². The van der Waals surface area contributed by atoms with Gasteiger partial charge in [0.15, 0.2) is 0 Å². The molecular weight excluding hydrogens is 331 g/mol. The maximum atomic E-state index is 13.2. The van der Waals surface area contributed by atoms with Crippen molar-refractivity contribution in [3.05, 3.63) is 54.2 Å². The maximum Gasteiger partial charge on any atom is 0.247 e. The van der Waals surface area contributed by atoms with Gasteiger partial charge in [-0.2, -0.15) is 5.10 Å². The van der Waals surface area contributed by atoms with Crippen molar-refractivity contribution in [2.45, 2.75) is 31.6 Å². The van der Waals surface area contributed by atoms with E-state index in [4.69, 9.17) is 4.42 Å². The number of benzene rings is 2. The summed E-state index contributed by atoms with van der Waals surface area (Å²) in [6.07, 6.45) is 4.70. The first-order valence-corrected chi connectivity index (χ1v) is 8.86. The number of fused-ring (bicyclic) bond motifs is 1. The third-order valence-corrected chi connectivity index (χ3v) is 5.07. The molecule has 2 aromatic heterocycles. The van der Waals surface area contributed by atoms with Crippen LogP contribution in [0.4, 0.5) is 4.39 Å². The molecule has 2 heterocycles. The minimum atomic E-state index is -0.264. The molecule has 130 valence electrons. The van der Waals surface area contributed by atoms with Crippen molar-refractivity contribution >= 4 is 10.9 Å². The Labute approximate surface area is 149 Å². The molecule has 0 unspecified atom stereocenters. The van der Waals surface area contributed by atoms with Crippen LogP contribution >= 0.6 is 0 Å². The van der Waals surface area contributed by atoms with Gasteiger partial charge in [-0.1, -0.05) is 12.8 Å².